The summed E-state index contributed by atoms with van der Waals surface area (Å²) in [4.78, 5) is 12.1. The number of amides is 1. The summed E-state index contributed by atoms with van der Waals surface area (Å²) in [5.41, 5.74) is 1.88. The van der Waals surface area contributed by atoms with Crippen molar-refractivity contribution in [1.82, 2.24) is 19.6 Å². The molecule has 2 heterocycles. The molecule has 0 atom stereocenters. The van der Waals surface area contributed by atoms with E-state index in [9.17, 15) is 13.6 Å². The van der Waals surface area contributed by atoms with Gasteiger partial charge in [-0.2, -0.15) is 10.2 Å². The summed E-state index contributed by atoms with van der Waals surface area (Å²) >= 11 is 0. The first-order valence-corrected chi connectivity index (χ1v) is 7.10. The van der Waals surface area contributed by atoms with Gasteiger partial charge in [-0.15, -0.1) is 0 Å². The highest BCUT2D eigenvalue weighted by Crippen LogP contribution is 2.41. The van der Waals surface area contributed by atoms with Crippen molar-refractivity contribution in [2.75, 3.05) is 5.32 Å². The van der Waals surface area contributed by atoms with E-state index in [1.807, 2.05) is 6.92 Å². The normalized spacial score (nSPS) is 14.6. The summed E-state index contributed by atoms with van der Waals surface area (Å²) in [5.74, 6) is -0.0603. The Hall–Kier alpha value is -2.25. The van der Waals surface area contributed by atoms with Crippen LogP contribution in [-0.2, 0) is 18.4 Å². The minimum Gasteiger partial charge on any atom is -0.322 e. The first-order valence-electron chi connectivity index (χ1n) is 7.10. The highest BCUT2D eigenvalue weighted by Gasteiger charge is 2.30. The molecule has 8 heteroatoms. The third kappa shape index (κ3) is 2.86. The second-order valence-corrected chi connectivity index (χ2v) is 5.54. The molecule has 1 saturated carbocycles. The number of alkyl halides is 2. The second-order valence-electron chi connectivity index (χ2n) is 5.54. The molecule has 0 aromatic carbocycles. The van der Waals surface area contributed by atoms with Gasteiger partial charge in [0, 0.05) is 18.7 Å². The van der Waals surface area contributed by atoms with Gasteiger partial charge in [-0.1, -0.05) is 0 Å². The summed E-state index contributed by atoms with van der Waals surface area (Å²) < 4.78 is 28.6. The van der Waals surface area contributed by atoms with Gasteiger partial charge in [-0.25, -0.2) is 8.78 Å². The van der Waals surface area contributed by atoms with Crippen LogP contribution in [0.25, 0.3) is 0 Å². The first-order chi connectivity index (χ1) is 10.5. The Labute approximate surface area is 126 Å². The van der Waals surface area contributed by atoms with Crippen molar-refractivity contribution in [3.05, 3.63) is 29.3 Å². The zero-order chi connectivity index (χ0) is 15.9. The lowest BCUT2D eigenvalue weighted by molar-refractivity contribution is -0.117. The molecule has 1 N–H and O–H groups in total. The Bertz CT molecular complexity index is 702. The fourth-order valence-corrected chi connectivity index (χ4v) is 2.34. The van der Waals surface area contributed by atoms with E-state index in [1.54, 1.807) is 17.9 Å². The lowest BCUT2D eigenvalue weighted by atomic mass is 10.2. The Balaban J connectivity index is 1.74. The largest absolute Gasteiger partial charge is 0.322 e. The van der Waals surface area contributed by atoms with Gasteiger partial charge in [0.15, 0.2) is 0 Å². The Morgan fingerprint density at radius 2 is 2.23 bits per heavy atom. The number of carbonyl (C=O) groups excluding carboxylic acids is 1. The van der Waals surface area contributed by atoms with Crippen molar-refractivity contribution in [3.63, 3.8) is 0 Å². The summed E-state index contributed by atoms with van der Waals surface area (Å²) in [6.45, 7) is 1.76. The standard InChI is InChI=1S/C14H17F2N5O/c1-8-11(6-17-20(8)2)18-13(22)7-21-12(9-3-4-9)5-10(19-21)14(15)16/h5-6,9,14H,3-4,7H2,1-2H3,(H,18,22). The van der Waals surface area contributed by atoms with Crippen molar-refractivity contribution >= 4 is 11.6 Å². The number of hydrogen-bond acceptors (Lipinski definition) is 3. The van der Waals surface area contributed by atoms with Crippen LogP contribution in [0.2, 0.25) is 0 Å². The molecule has 1 fully saturated rings. The van der Waals surface area contributed by atoms with Crippen LogP contribution < -0.4 is 5.32 Å². The Morgan fingerprint density at radius 3 is 2.77 bits per heavy atom. The van der Waals surface area contributed by atoms with Gasteiger partial charge in [0.25, 0.3) is 6.43 Å². The molecule has 1 aliphatic rings. The molecule has 2 aromatic rings. The van der Waals surface area contributed by atoms with E-state index in [0.717, 1.165) is 18.5 Å². The molecule has 1 amide bonds. The monoisotopic (exact) mass is 309 g/mol. The topological polar surface area (TPSA) is 64.7 Å². The van der Waals surface area contributed by atoms with Gasteiger partial charge in [0.1, 0.15) is 12.2 Å². The summed E-state index contributed by atoms with van der Waals surface area (Å²) in [6, 6.07) is 1.41. The number of carbonyl (C=O) groups is 1. The summed E-state index contributed by atoms with van der Waals surface area (Å²) in [6.07, 6.45) is 0.848. The van der Waals surface area contributed by atoms with E-state index >= 15 is 0 Å². The van der Waals surface area contributed by atoms with Crippen molar-refractivity contribution < 1.29 is 13.6 Å². The van der Waals surface area contributed by atoms with Crippen LogP contribution in [0.3, 0.4) is 0 Å². The third-order valence-corrected chi connectivity index (χ3v) is 3.85. The molecule has 2 aromatic heterocycles. The zero-order valence-electron chi connectivity index (χ0n) is 12.4. The highest BCUT2D eigenvalue weighted by atomic mass is 19.3. The molecule has 0 bridgehead atoms. The lowest BCUT2D eigenvalue weighted by Crippen LogP contribution is -2.21. The predicted octanol–water partition coefficient (Wildman–Crippen LogP) is 2.38. The van der Waals surface area contributed by atoms with Gasteiger partial charge in [0.2, 0.25) is 5.91 Å². The predicted molar refractivity (Wildman–Crippen MR) is 75.7 cm³/mol. The number of nitrogens with one attached hydrogen (secondary N) is 1. The minimum atomic E-state index is -2.62. The molecule has 6 nitrogen and oxygen atoms in total. The highest BCUT2D eigenvalue weighted by molar-refractivity contribution is 5.90. The van der Waals surface area contributed by atoms with Gasteiger partial charge in [-0.05, 0) is 25.8 Å². The Morgan fingerprint density at radius 1 is 1.50 bits per heavy atom. The minimum absolute atomic E-state index is 0.0765. The molecule has 0 aliphatic heterocycles. The smallest absolute Gasteiger partial charge is 0.282 e. The average molecular weight is 309 g/mol. The first kappa shape index (κ1) is 14.7. The number of hydrogen-bond donors (Lipinski definition) is 1. The number of aryl methyl sites for hydroxylation is 1. The van der Waals surface area contributed by atoms with Crippen LogP contribution in [0, 0.1) is 6.92 Å². The number of anilines is 1. The van der Waals surface area contributed by atoms with E-state index in [0.29, 0.717) is 11.4 Å². The van der Waals surface area contributed by atoms with Gasteiger partial charge in [0.05, 0.1) is 17.6 Å². The maximum Gasteiger partial charge on any atom is 0.282 e. The van der Waals surface area contributed by atoms with E-state index in [1.165, 1.54) is 10.7 Å². The molecule has 0 unspecified atom stereocenters. The molecule has 0 radical (unpaired) electrons. The molecular formula is C14H17F2N5O. The van der Waals surface area contributed by atoms with Crippen LogP contribution in [0.4, 0.5) is 14.5 Å². The van der Waals surface area contributed by atoms with Gasteiger partial charge >= 0.3 is 0 Å². The molecule has 1 aliphatic carbocycles. The molecule has 0 spiro atoms. The quantitative estimate of drug-likeness (QED) is 0.922. The van der Waals surface area contributed by atoms with Crippen molar-refractivity contribution in [2.45, 2.75) is 38.7 Å². The number of nitrogens with zero attached hydrogens (tertiary/aromatic N) is 4. The fourth-order valence-electron chi connectivity index (χ4n) is 2.34. The van der Waals surface area contributed by atoms with E-state index in [-0.39, 0.29) is 24.1 Å². The lowest BCUT2D eigenvalue weighted by Gasteiger charge is -2.07. The van der Waals surface area contributed by atoms with Crippen molar-refractivity contribution in [2.24, 2.45) is 7.05 Å². The van der Waals surface area contributed by atoms with Crippen molar-refractivity contribution in [3.8, 4) is 0 Å². The average Bonchev–Trinajstić information content (AvgIpc) is 3.16. The molecule has 118 valence electrons. The summed E-state index contributed by atoms with van der Waals surface area (Å²) in [7, 11) is 1.78. The van der Waals surface area contributed by atoms with Gasteiger partial charge < -0.3 is 5.32 Å². The number of rotatable bonds is 5. The van der Waals surface area contributed by atoms with Crippen LogP contribution >= 0.6 is 0 Å². The maximum absolute atomic E-state index is 12.8. The van der Waals surface area contributed by atoms with E-state index < -0.39 is 6.43 Å². The van der Waals surface area contributed by atoms with Crippen molar-refractivity contribution in [1.29, 1.82) is 0 Å². The van der Waals surface area contributed by atoms with E-state index in [2.05, 4.69) is 15.5 Å². The summed E-state index contributed by atoms with van der Waals surface area (Å²) in [5, 5.41) is 10.6. The zero-order valence-corrected chi connectivity index (χ0v) is 12.4. The molecular weight excluding hydrogens is 292 g/mol. The van der Waals surface area contributed by atoms with Crippen LogP contribution in [0.15, 0.2) is 12.3 Å². The van der Waals surface area contributed by atoms with E-state index in [4.69, 9.17) is 0 Å². The number of aromatic nitrogens is 4. The van der Waals surface area contributed by atoms with Crippen LogP contribution in [0.5, 0.6) is 0 Å². The molecule has 3 rings (SSSR count). The number of halogens is 2. The van der Waals surface area contributed by atoms with Gasteiger partial charge in [-0.3, -0.25) is 14.2 Å². The maximum atomic E-state index is 12.8. The molecule has 0 saturated heterocycles. The SMILES string of the molecule is Cc1c(NC(=O)Cn2nc(C(F)F)cc2C2CC2)cnn1C. The van der Waals surface area contributed by atoms with Crippen LogP contribution in [0.1, 0.15) is 42.3 Å². The third-order valence-electron chi connectivity index (χ3n) is 3.85. The Kier molecular flexibility index (Phi) is 3.67. The molecule has 22 heavy (non-hydrogen) atoms. The van der Waals surface area contributed by atoms with Crippen LogP contribution in [-0.4, -0.2) is 25.5 Å². The second kappa shape index (κ2) is 5.51. The fraction of sp³-hybridized carbons (Fsp3) is 0.500.